The molecule has 1 aromatic rings. The van der Waals surface area contributed by atoms with E-state index in [0.29, 0.717) is 0 Å². The summed E-state index contributed by atoms with van der Waals surface area (Å²) in [4.78, 5) is 21.2. The lowest BCUT2D eigenvalue weighted by Gasteiger charge is -2.17. The molecule has 0 radical (unpaired) electrons. The van der Waals surface area contributed by atoms with Gasteiger partial charge in [-0.2, -0.15) is 4.98 Å². The number of hydrogen-bond donors (Lipinski definition) is 0. The van der Waals surface area contributed by atoms with Gasteiger partial charge in [0.15, 0.2) is 11.0 Å². The predicted molar refractivity (Wildman–Crippen MR) is 73.7 cm³/mol. The van der Waals surface area contributed by atoms with Crippen molar-refractivity contribution in [1.82, 2.24) is 9.97 Å². The SMILES string of the molecule is COc1nc(Cl)cnc1N1CC(CS(=O)(=O)Cl)CC1=O. The van der Waals surface area contributed by atoms with Gasteiger partial charge in [0.2, 0.25) is 15.0 Å². The number of ether oxygens (including phenoxy) is 1. The molecule has 1 saturated heterocycles. The summed E-state index contributed by atoms with van der Waals surface area (Å²) < 4.78 is 27.2. The molecule has 0 N–H and O–H groups in total. The number of carbonyl (C=O) groups excluding carboxylic acids is 1. The summed E-state index contributed by atoms with van der Waals surface area (Å²) in [5.74, 6) is -0.575. The quantitative estimate of drug-likeness (QED) is 0.762. The second-order valence-electron chi connectivity index (χ2n) is 4.31. The van der Waals surface area contributed by atoms with E-state index in [4.69, 9.17) is 27.0 Å². The molecule has 110 valence electrons. The molecule has 20 heavy (non-hydrogen) atoms. The molecule has 1 unspecified atom stereocenters. The van der Waals surface area contributed by atoms with Crippen molar-refractivity contribution < 1.29 is 17.9 Å². The Kier molecular flexibility index (Phi) is 4.36. The summed E-state index contributed by atoms with van der Waals surface area (Å²) in [7, 11) is 2.93. The van der Waals surface area contributed by atoms with Gasteiger partial charge in [0.1, 0.15) is 0 Å². The van der Waals surface area contributed by atoms with Crippen LogP contribution in [0.25, 0.3) is 0 Å². The van der Waals surface area contributed by atoms with Crippen molar-refractivity contribution in [2.45, 2.75) is 6.42 Å². The van der Waals surface area contributed by atoms with Gasteiger partial charge in [-0.05, 0) is 0 Å². The molecule has 0 aliphatic carbocycles. The molecule has 1 aromatic heterocycles. The van der Waals surface area contributed by atoms with Crippen molar-refractivity contribution in [1.29, 1.82) is 0 Å². The standard InChI is InChI=1S/C10H11Cl2N3O4S/c1-19-10-9(13-3-7(11)14-10)15-4-6(2-8(15)16)5-20(12,17)18/h3,6H,2,4-5H2,1H3. The fraction of sp³-hybridized carbons (Fsp3) is 0.500. The molecule has 1 atom stereocenters. The van der Waals surface area contributed by atoms with Crippen molar-refractivity contribution >= 4 is 43.1 Å². The lowest BCUT2D eigenvalue weighted by Crippen LogP contribution is -2.27. The van der Waals surface area contributed by atoms with Crippen molar-refractivity contribution in [2.75, 3.05) is 24.3 Å². The van der Waals surface area contributed by atoms with Gasteiger partial charge >= 0.3 is 0 Å². The maximum Gasteiger partial charge on any atom is 0.259 e. The van der Waals surface area contributed by atoms with Crippen molar-refractivity contribution in [2.24, 2.45) is 5.92 Å². The van der Waals surface area contributed by atoms with Crippen LogP contribution in [-0.4, -0.2) is 43.7 Å². The smallest absolute Gasteiger partial charge is 0.259 e. The van der Waals surface area contributed by atoms with E-state index in [1.54, 1.807) is 0 Å². The summed E-state index contributed by atoms with van der Waals surface area (Å²) in [6.45, 7) is 0.192. The zero-order valence-corrected chi connectivity index (χ0v) is 12.7. The van der Waals surface area contributed by atoms with Crippen LogP contribution in [0.3, 0.4) is 0 Å². The number of hydrogen-bond acceptors (Lipinski definition) is 6. The van der Waals surface area contributed by atoms with Crippen LogP contribution in [0.5, 0.6) is 5.88 Å². The molecular formula is C10H11Cl2N3O4S. The van der Waals surface area contributed by atoms with E-state index in [2.05, 4.69) is 9.97 Å². The summed E-state index contributed by atoms with van der Waals surface area (Å²) in [5.41, 5.74) is 0. The third kappa shape index (κ3) is 3.50. The lowest BCUT2D eigenvalue weighted by molar-refractivity contribution is -0.117. The Morgan fingerprint density at radius 3 is 2.85 bits per heavy atom. The molecule has 1 amide bonds. The highest BCUT2D eigenvalue weighted by Crippen LogP contribution is 2.31. The molecule has 1 aliphatic rings. The molecule has 0 spiro atoms. The van der Waals surface area contributed by atoms with E-state index in [-0.39, 0.29) is 47.4 Å². The first kappa shape index (κ1) is 15.3. The van der Waals surface area contributed by atoms with Crippen LogP contribution in [0.2, 0.25) is 5.15 Å². The molecule has 7 nitrogen and oxygen atoms in total. The molecule has 2 heterocycles. The van der Waals surface area contributed by atoms with E-state index < -0.39 is 9.05 Å². The molecule has 0 aromatic carbocycles. The largest absolute Gasteiger partial charge is 0.478 e. The Bertz CT molecular complexity index is 637. The van der Waals surface area contributed by atoms with Crippen LogP contribution in [0.4, 0.5) is 5.82 Å². The first-order chi connectivity index (χ1) is 9.30. The average molecular weight is 340 g/mol. The molecule has 1 aliphatic heterocycles. The zero-order chi connectivity index (χ0) is 14.9. The van der Waals surface area contributed by atoms with Crippen LogP contribution in [0.1, 0.15) is 6.42 Å². The van der Waals surface area contributed by atoms with Crippen LogP contribution in [0, 0.1) is 5.92 Å². The molecule has 0 bridgehead atoms. The minimum Gasteiger partial charge on any atom is -0.478 e. The fourth-order valence-corrected chi connectivity index (χ4v) is 3.49. The van der Waals surface area contributed by atoms with Crippen LogP contribution < -0.4 is 9.64 Å². The minimum atomic E-state index is -3.65. The van der Waals surface area contributed by atoms with Crippen molar-refractivity contribution in [3.8, 4) is 5.88 Å². The van der Waals surface area contributed by atoms with Gasteiger partial charge < -0.3 is 4.74 Å². The highest BCUT2D eigenvalue weighted by Gasteiger charge is 2.35. The Hall–Kier alpha value is -1.12. The first-order valence-corrected chi connectivity index (χ1v) is 8.45. The van der Waals surface area contributed by atoms with Gasteiger partial charge in [-0.25, -0.2) is 13.4 Å². The summed E-state index contributed by atoms with van der Waals surface area (Å²) in [6, 6.07) is 0. The number of nitrogens with zero attached hydrogens (tertiary/aromatic N) is 3. The number of aromatic nitrogens is 2. The van der Waals surface area contributed by atoms with Gasteiger partial charge in [0, 0.05) is 29.6 Å². The zero-order valence-electron chi connectivity index (χ0n) is 10.4. The van der Waals surface area contributed by atoms with E-state index in [9.17, 15) is 13.2 Å². The number of carbonyl (C=O) groups is 1. The molecule has 10 heteroatoms. The Morgan fingerprint density at radius 2 is 2.25 bits per heavy atom. The van der Waals surface area contributed by atoms with E-state index in [1.165, 1.54) is 18.2 Å². The number of methoxy groups -OCH3 is 1. The van der Waals surface area contributed by atoms with Gasteiger partial charge in [-0.15, -0.1) is 0 Å². The fourth-order valence-electron chi connectivity index (χ4n) is 2.05. The second-order valence-corrected chi connectivity index (χ2v) is 7.51. The normalized spacial score (nSPS) is 19.4. The summed E-state index contributed by atoms with van der Waals surface area (Å²) >= 11 is 5.70. The topological polar surface area (TPSA) is 89.5 Å². The van der Waals surface area contributed by atoms with E-state index in [0.717, 1.165) is 0 Å². The Morgan fingerprint density at radius 1 is 1.55 bits per heavy atom. The van der Waals surface area contributed by atoms with Crippen LogP contribution in [0.15, 0.2) is 6.20 Å². The first-order valence-electron chi connectivity index (χ1n) is 5.59. The van der Waals surface area contributed by atoms with E-state index in [1.807, 2.05) is 0 Å². The highest BCUT2D eigenvalue weighted by molar-refractivity contribution is 8.13. The maximum absolute atomic E-state index is 12.0. The highest BCUT2D eigenvalue weighted by atomic mass is 35.7. The van der Waals surface area contributed by atoms with Crippen molar-refractivity contribution in [3.63, 3.8) is 0 Å². The summed E-state index contributed by atoms with van der Waals surface area (Å²) in [5, 5.41) is 0.136. The maximum atomic E-state index is 12.0. The lowest BCUT2D eigenvalue weighted by atomic mass is 10.1. The third-order valence-corrected chi connectivity index (χ3v) is 4.21. The molecule has 2 rings (SSSR count). The molecular weight excluding hydrogens is 329 g/mol. The molecule has 1 fully saturated rings. The van der Waals surface area contributed by atoms with Crippen LogP contribution >= 0.6 is 22.3 Å². The van der Waals surface area contributed by atoms with Crippen molar-refractivity contribution in [3.05, 3.63) is 11.3 Å². The number of rotatable bonds is 4. The minimum absolute atomic E-state index is 0.0827. The number of halogens is 2. The number of amides is 1. The van der Waals surface area contributed by atoms with Gasteiger partial charge in [0.05, 0.1) is 19.1 Å². The van der Waals surface area contributed by atoms with Gasteiger partial charge in [-0.3, -0.25) is 9.69 Å². The second kappa shape index (κ2) is 5.71. The van der Waals surface area contributed by atoms with Crippen LogP contribution in [-0.2, 0) is 13.8 Å². The predicted octanol–water partition coefficient (Wildman–Crippen LogP) is 1.06. The number of anilines is 1. The molecule has 0 saturated carbocycles. The Balaban J connectivity index is 2.24. The van der Waals surface area contributed by atoms with E-state index >= 15 is 0 Å². The monoisotopic (exact) mass is 339 g/mol. The summed E-state index contributed by atoms with van der Waals surface area (Å²) in [6.07, 6.45) is 1.37. The van der Waals surface area contributed by atoms with Gasteiger partial charge in [-0.1, -0.05) is 11.6 Å². The third-order valence-electron chi connectivity index (χ3n) is 2.78. The average Bonchev–Trinajstić information content (AvgIpc) is 2.67. The Labute approximate surface area is 125 Å². The van der Waals surface area contributed by atoms with Gasteiger partial charge in [0.25, 0.3) is 5.88 Å².